The first-order valence-electron chi connectivity index (χ1n) is 5.79. The number of nitrogens with one attached hydrogen (secondary N) is 1. The quantitative estimate of drug-likeness (QED) is 0.454. The summed E-state index contributed by atoms with van der Waals surface area (Å²) in [5.74, 6) is 0.0546. The molecule has 0 aromatic heterocycles. The molecule has 0 aliphatic carbocycles. The number of nitrogen functional groups attached to an aromatic ring is 1. The summed E-state index contributed by atoms with van der Waals surface area (Å²) in [6.07, 6.45) is 0.401. The lowest BCUT2D eigenvalue weighted by Crippen LogP contribution is -2.22. The van der Waals surface area contributed by atoms with Crippen molar-refractivity contribution in [1.29, 1.82) is 0 Å². The Kier molecular flexibility index (Phi) is 5.10. The summed E-state index contributed by atoms with van der Waals surface area (Å²) < 4.78 is 12.9. The molecule has 0 atom stereocenters. The number of ketones is 1. The Morgan fingerprint density at radius 1 is 1.47 bits per heavy atom. The third-order valence-electron chi connectivity index (χ3n) is 2.40. The van der Waals surface area contributed by atoms with Crippen LogP contribution in [0.1, 0.15) is 30.6 Å². The lowest BCUT2D eigenvalue weighted by Gasteiger charge is -2.07. The molecular formula is C13H19FN2O. The molecule has 3 N–H and O–H groups in total. The van der Waals surface area contributed by atoms with Gasteiger partial charge in [-0.1, -0.05) is 13.8 Å². The zero-order chi connectivity index (χ0) is 12.8. The van der Waals surface area contributed by atoms with Crippen molar-refractivity contribution in [2.75, 3.05) is 18.8 Å². The van der Waals surface area contributed by atoms with Gasteiger partial charge in [0.05, 0.1) is 5.69 Å². The van der Waals surface area contributed by atoms with Gasteiger partial charge in [-0.2, -0.15) is 0 Å². The molecule has 0 saturated heterocycles. The van der Waals surface area contributed by atoms with Crippen molar-refractivity contribution in [3.8, 4) is 0 Å². The van der Waals surface area contributed by atoms with E-state index in [4.69, 9.17) is 5.73 Å². The van der Waals surface area contributed by atoms with Crippen molar-refractivity contribution in [2.45, 2.75) is 20.3 Å². The van der Waals surface area contributed by atoms with Crippen LogP contribution in [-0.2, 0) is 0 Å². The number of anilines is 1. The maximum atomic E-state index is 12.9. The largest absolute Gasteiger partial charge is 0.396 e. The summed E-state index contributed by atoms with van der Waals surface area (Å²) in [7, 11) is 0. The van der Waals surface area contributed by atoms with E-state index in [0.29, 0.717) is 24.4 Å². The maximum Gasteiger partial charge on any atom is 0.164 e. The highest BCUT2D eigenvalue weighted by atomic mass is 19.1. The van der Waals surface area contributed by atoms with E-state index in [1.165, 1.54) is 18.2 Å². The number of hydrogen-bond donors (Lipinski definition) is 2. The van der Waals surface area contributed by atoms with E-state index in [0.717, 1.165) is 6.54 Å². The van der Waals surface area contributed by atoms with Crippen LogP contribution in [0.15, 0.2) is 18.2 Å². The number of nitrogens with two attached hydrogens (primary N) is 1. The summed E-state index contributed by atoms with van der Waals surface area (Å²) in [6, 6.07) is 4.08. The number of Topliss-reactive ketones (excluding diaryl/α,β-unsaturated/α-hetero) is 1. The van der Waals surface area contributed by atoms with E-state index >= 15 is 0 Å². The summed E-state index contributed by atoms with van der Waals surface area (Å²) in [6.45, 7) is 5.73. The third kappa shape index (κ3) is 4.53. The Morgan fingerprint density at radius 2 is 2.18 bits per heavy atom. The molecule has 0 radical (unpaired) electrons. The molecule has 1 aromatic carbocycles. The number of rotatable bonds is 6. The molecule has 1 rings (SSSR count). The van der Waals surface area contributed by atoms with Crippen LogP contribution in [0.3, 0.4) is 0 Å². The van der Waals surface area contributed by atoms with Gasteiger partial charge in [0.2, 0.25) is 0 Å². The molecule has 0 fully saturated rings. The van der Waals surface area contributed by atoms with Crippen LogP contribution >= 0.6 is 0 Å². The topological polar surface area (TPSA) is 55.1 Å². The van der Waals surface area contributed by atoms with Gasteiger partial charge in [0.15, 0.2) is 5.78 Å². The fraction of sp³-hybridized carbons (Fsp3) is 0.462. The van der Waals surface area contributed by atoms with Crippen LogP contribution in [0.5, 0.6) is 0 Å². The first kappa shape index (κ1) is 13.6. The first-order chi connectivity index (χ1) is 8.00. The van der Waals surface area contributed by atoms with E-state index in [1.807, 2.05) is 0 Å². The molecule has 0 bridgehead atoms. The minimum absolute atomic E-state index is 0.0194. The Balaban J connectivity index is 2.44. The second-order valence-electron chi connectivity index (χ2n) is 4.51. The van der Waals surface area contributed by atoms with Crippen LogP contribution < -0.4 is 11.1 Å². The average Bonchev–Trinajstić information content (AvgIpc) is 2.27. The average molecular weight is 238 g/mol. The van der Waals surface area contributed by atoms with E-state index in [1.54, 1.807) is 0 Å². The zero-order valence-corrected chi connectivity index (χ0v) is 10.3. The molecule has 3 nitrogen and oxygen atoms in total. The SMILES string of the molecule is CC(C)CNCCC(=O)c1ccc(F)c(N)c1. The molecule has 0 spiro atoms. The highest BCUT2D eigenvalue weighted by Crippen LogP contribution is 2.13. The van der Waals surface area contributed by atoms with Crippen LogP contribution in [0.25, 0.3) is 0 Å². The number of benzene rings is 1. The van der Waals surface area contributed by atoms with Crippen molar-refractivity contribution in [2.24, 2.45) is 5.92 Å². The molecule has 0 amide bonds. The van der Waals surface area contributed by atoms with Crippen molar-refractivity contribution in [1.82, 2.24) is 5.32 Å². The van der Waals surface area contributed by atoms with E-state index in [-0.39, 0.29) is 11.5 Å². The van der Waals surface area contributed by atoms with E-state index in [2.05, 4.69) is 19.2 Å². The molecule has 0 saturated carbocycles. The summed E-state index contributed by atoms with van der Waals surface area (Å²) in [5.41, 5.74) is 5.90. The number of hydrogen-bond acceptors (Lipinski definition) is 3. The Morgan fingerprint density at radius 3 is 2.76 bits per heavy atom. The predicted molar refractivity (Wildman–Crippen MR) is 67.5 cm³/mol. The minimum atomic E-state index is -0.487. The van der Waals surface area contributed by atoms with Gasteiger partial charge in [-0.05, 0) is 30.7 Å². The van der Waals surface area contributed by atoms with Gasteiger partial charge in [0.1, 0.15) is 5.82 Å². The van der Waals surface area contributed by atoms with Crippen molar-refractivity contribution < 1.29 is 9.18 Å². The number of halogens is 1. The van der Waals surface area contributed by atoms with Crippen molar-refractivity contribution in [3.63, 3.8) is 0 Å². The molecule has 4 heteroatoms. The van der Waals surface area contributed by atoms with Crippen LogP contribution in [0, 0.1) is 11.7 Å². The fourth-order valence-electron chi connectivity index (χ4n) is 1.45. The van der Waals surface area contributed by atoms with Crippen LogP contribution in [-0.4, -0.2) is 18.9 Å². The van der Waals surface area contributed by atoms with E-state index in [9.17, 15) is 9.18 Å². The van der Waals surface area contributed by atoms with Gasteiger partial charge in [-0.25, -0.2) is 4.39 Å². The lowest BCUT2D eigenvalue weighted by atomic mass is 10.1. The molecule has 0 unspecified atom stereocenters. The van der Waals surface area contributed by atoms with Crippen LogP contribution in [0.4, 0.5) is 10.1 Å². The molecule has 0 aliphatic heterocycles. The molecule has 94 valence electrons. The molecular weight excluding hydrogens is 219 g/mol. The van der Waals surface area contributed by atoms with Gasteiger partial charge in [-0.15, -0.1) is 0 Å². The summed E-state index contributed by atoms with van der Waals surface area (Å²) >= 11 is 0. The molecule has 0 aliphatic rings. The first-order valence-corrected chi connectivity index (χ1v) is 5.79. The van der Waals surface area contributed by atoms with Gasteiger partial charge in [0.25, 0.3) is 0 Å². The molecule has 1 aromatic rings. The Hall–Kier alpha value is -1.42. The Bertz CT molecular complexity index is 391. The second-order valence-corrected chi connectivity index (χ2v) is 4.51. The predicted octanol–water partition coefficient (Wildman–Crippen LogP) is 2.23. The van der Waals surface area contributed by atoms with Crippen LogP contribution in [0.2, 0.25) is 0 Å². The smallest absolute Gasteiger partial charge is 0.164 e. The summed E-state index contributed by atoms with van der Waals surface area (Å²) in [5, 5.41) is 3.19. The van der Waals surface area contributed by atoms with Gasteiger partial charge >= 0.3 is 0 Å². The molecule has 0 heterocycles. The zero-order valence-electron chi connectivity index (χ0n) is 10.3. The monoisotopic (exact) mass is 238 g/mol. The highest BCUT2D eigenvalue weighted by molar-refractivity contribution is 5.96. The number of carbonyl (C=O) groups excluding carboxylic acids is 1. The van der Waals surface area contributed by atoms with Crippen molar-refractivity contribution >= 4 is 11.5 Å². The third-order valence-corrected chi connectivity index (χ3v) is 2.40. The van der Waals surface area contributed by atoms with Crippen molar-refractivity contribution in [3.05, 3.63) is 29.6 Å². The second kappa shape index (κ2) is 6.35. The standard InChI is InChI=1S/C13H19FN2O/c1-9(2)8-16-6-5-13(17)10-3-4-11(14)12(15)7-10/h3-4,7,9,16H,5-6,8,15H2,1-2H3. The van der Waals surface area contributed by atoms with Gasteiger partial charge in [-0.3, -0.25) is 4.79 Å². The molecule has 17 heavy (non-hydrogen) atoms. The van der Waals surface area contributed by atoms with Gasteiger partial charge < -0.3 is 11.1 Å². The normalized spacial score (nSPS) is 10.8. The fourth-order valence-corrected chi connectivity index (χ4v) is 1.45. The Labute approximate surface area is 101 Å². The summed E-state index contributed by atoms with van der Waals surface area (Å²) in [4.78, 5) is 11.7. The highest BCUT2D eigenvalue weighted by Gasteiger charge is 2.07. The maximum absolute atomic E-state index is 12.9. The number of carbonyl (C=O) groups is 1. The minimum Gasteiger partial charge on any atom is -0.396 e. The lowest BCUT2D eigenvalue weighted by molar-refractivity contribution is 0.0982. The van der Waals surface area contributed by atoms with Gasteiger partial charge in [0, 0.05) is 18.5 Å². The van der Waals surface area contributed by atoms with E-state index < -0.39 is 5.82 Å².